The standard InChI is InChI=1S/C12H15ClO2/c1-8-6-7-15-12(8)11(14)9-4-2-3-5-10(9)13/h2-5,8,11-12,14H,6-7H2,1H3. The molecule has 1 heterocycles. The Hall–Kier alpha value is -0.570. The van der Waals surface area contributed by atoms with Gasteiger partial charge >= 0.3 is 0 Å². The fourth-order valence-electron chi connectivity index (χ4n) is 2.01. The van der Waals surface area contributed by atoms with E-state index in [0.717, 1.165) is 18.6 Å². The van der Waals surface area contributed by atoms with E-state index >= 15 is 0 Å². The minimum absolute atomic E-state index is 0.120. The Morgan fingerprint density at radius 2 is 2.20 bits per heavy atom. The van der Waals surface area contributed by atoms with Gasteiger partial charge in [-0.15, -0.1) is 0 Å². The minimum Gasteiger partial charge on any atom is -0.386 e. The molecular formula is C12H15ClO2. The van der Waals surface area contributed by atoms with Crippen LogP contribution in [-0.4, -0.2) is 17.8 Å². The van der Waals surface area contributed by atoms with E-state index in [2.05, 4.69) is 6.92 Å². The summed E-state index contributed by atoms with van der Waals surface area (Å²) in [5, 5.41) is 10.8. The lowest BCUT2D eigenvalue weighted by Gasteiger charge is -2.22. The van der Waals surface area contributed by atoms with Crippen molar-refractivity contribution in [2.75, 3.05) is 6.61 Å². The van der Waals surface area contributed by atoms with Crippen LogP contribution in [0.2, 0.25) is 5.02 Å². The maximum absolute atomic E-state index is 10.2. The fourth-order valence-corrected chi connectivity index (χ4v) is 2.26. The lowest BCUT2D eigenvalue weighted by atomic mass is 9.95. The van der Waals surface area contributed by atoms with E-state index in [1.165, 1.54) is 0 Å². The van der Waals surface area contributed by atoms with E-state index in [1.807, 2.05) is 18.2 Å². The van der Waals surface area contributed by atoms with E-state index in [9.17, 15) is 5.11 Å². The van der Waals surface area contributed by atoms with Crippen molar-refractivity contribution in [3.05, 3.63) is 34.9 Å². The highest BCUT2D eigenvalue weighted by Gasteiger charge is 2.32. The summed E-state index contributed by atoms with van der Waals surface area (Å²) in [7, 11) is 0. The Bertz CT molecular complexity index is 340. The number of ether oxygens (including phenoxy) is 1. The molecule has 3 atom stereocenters. The predicted octanol–water partition coefficient (Wildman–Crippen LogP) is 2.80. The number of rotatable bonds is 2. The molecule has 1 aromatic rings. The second kappa shape index (κ2) is 4.52. The van der Waals surface area contributed by atoms with E-state index in [0.29, 0.717) is 10.9 Å². The molecule has 3 unspecified atom stereocenters. The van der Waals surface area contributed by atoms with Gasteiger partial charge in [0.2, 0.25) is 0 Å². The molecule has 2 rings (SSSR count). The normalized spacial score (nSPS) is 27.9. The van der Waals surface area contributed by atoms with E-state index in [-0.39, 0.29) is 6.10 Å². The third-order valence-electron chi connectivity index (χ3n) is 2.98. The minimum atomic E-state index is -0.615. The van der Waals surface area contributed by atoms with Crippen LogP contribution in [0.5, 0.6) is 0 Å². The molecular weight excluding hydrogens is 212 g/mol. The third kappa shape index (κ3) is 2.17. The number of hydrogen-bond acceptors (Lipinski definition) is 2. The fraction of sp³-hybridized carbons (Fsp3) is 0.500. The Kier molecular flexibility index (Phi) is 3.29. The van der Waals surface area contributed by atoms with Crippen LogP contribution < -0.4 is 0 Å². The monoisotopic (exact) mass is 226 g/mol. The van der Waals surface area contributed by atoms with Crippen LogP contribution in [0.3, 0.4) is 0 Å². The zero-order chi connectivity index (χ0) is 10.8. The zero-order valence-electron chi connectivity index (χ0n) is 8.69. The molecule has 1 fully saturated rings. The van der Waals surface area contributed by atoms with Crippen LogP contribution in [0.15, 0.2) is 24.3 Å². The smallest absolute Gasteiger partial charge is 0.107 e. The summed E-state index contributed by atoms with van der Waals surface area (Å²) in [6.45, 7) is 2.82. The predicted molar refractivity (Wildman–Crippen MR) is 59.9 cm³/mol. The van der Waals surface area contributed by atoms with Gasteiger partial charge in [0.05, 0.1) is 6.10 Å². The molecule has 15 heavy (non-hydrogen) atoms. The Balaban J connectivity index is 2.20. The Morgan fingerprint density at radius 1 is 1.47 bits per heavy atom. The largest absolute Gasteiger partial charge is 0.386 e. The first-order valence-electron chi connectivity index (χ1n) is 5.24. The summed E-state index contributed by atoms with van der Waals surface area (Å²) >= 11 is 6.03. The van der Waals surface area contributed by atoms with Crippen molar-refractivity contribution >= 4 is 11.6 Å². The second-order valence-corrected chi connectivity index (χ2v) is 4.47. The first kappa shape index (κ1) is 10.9. The van der Waals surface area contributed by atoms with Crippen LogP contribution in [0.4, 0.5) is 0 Å². The van der Waals surface area contributed by atoms with Gasteiger partial charge in [0, 0.05) is 17.2 Å². The second-order valence-electron chi connectivity index (χ2n) is 4.07. The van der Waals surface area contributed by atoms with E-state index in [1.54, 1.807) is 6.07 Å². The van der Waals surface area contributed by atoms with Gasteiger partial charge in [0.25, 0.3) is 0 Å². The zero-order valence-corrected chi connectivity index (χ0v) is 9.45. The molecule has 3 heteroatoms. The SMILES string of the molecule is CC1CCOC1C(O)c1ccccc1Cl. The highest BCUT2D eigenvalue weighted by molar-refractivity contribution is 6.31. The van der Waals surface area contributed by atoms with Gasteiger partial charge in [-0.1, -0.05) is 36.7 Å². The van der Waals surface area contributed by atoms with Gasteiger partial charge in [-0.3, -0.25) is 0 Å². The average molecular weight is 227 g/mol. The van der Waals surface area contributed by atoms with Crippen LogP contribution in [0.1, 0.15) is 25.0 Å². The maximum atomic E-state index is 10.2. The average Bonchev–Trinajstić information content (AvgIpc) is 2.64. The number of aliphatic hydroxyl groups is 1. The first-order valence-corrected chi connectivity index (χ1v) is 5.62. The van der Waals surface area contributed by atoms with Crippen LogP contribution in [-0.2, 0) is 4.74 Å². The Labute approximate surface area is 94.8 Å². The molecule has 1 N–H and O–H groups in total. The van der Waals surface area contributed by atoms with Crippen LogP contribution in [0, 0.1) is 5.92 Å². The molecule has 0 radical (unpaired) electrons. The highest BCUT2D eigenvalue weighted by atomic mass is 35.5. The van der Waals surface area contributed by atoms with Gasteiger partial charge < -0.3 is 9.84 Å². The van der Waals surface area contributed by atoms with Crippen molar-refractivity contribution < 1.29 is 9.84 Å². The molecule has 1 aromatic carbocycles. The maximum Gasteiger partial charge on any atom is 0.107 e. The summed E-state index contributed by atoms with van der Waals surface area (Å²) in [6.07, 6.45) is 0.271. The van der Waals surface area contributed by atoms with Crippen molar-refractivity contribution in [1.82, 2.24) is 0 Å². The van der Waals surface area contributed by atoms with Crippen molar-refractivity contribution in [3.8, 4) is 0 Å². The molecule has 2 nitrogen and oxygen atoms in total. The molecule has 1 aliphatic heterocycles. The molecule has 82 valence electrons. The number of aliphatic hydroxyl groups excluding tert-OH is 1. The summed E-state index contributed by atoms with van der Waals surface area (Å²) in [4.78, 5) is 0. The molecule has 0 bridgehead atoms. The number of hydrogen-bond donors (Lipinski definition) is 1. The third-order valence-corrected chi connectivity index (χ3v) is 3.32. The lowest BCUT2D eigenvalue weighted by Crippen LogP contribution is -2.23. The molecule has 0 aliphatic carbocycles. The quantitative estimate of drug-likeness (QED) is 0.841. The van der Waals surface area contributed by atoms with Gasteiger partial charge in [-0.05, 0) is 18.4 Å². The summed E-state index contributed by atoms with van der Waals surface area (Å²) in [5.74, 6) is 0.385. The summed E-state index contributed by atoms with van der Waals surface area (Å²) < 4.78 is 5.53. The topological polar surface area (TPSA) is 29.5 Å². The van der Waals surface area contributed by atoms with Crippen molar-refractivity contribution in [3.63, 3.8) is 0 Å². The molecule has 1 saturated heterocycles. The molecule has 0 spiro atoms. The van der Waals surface area contributed by atoms with Crippen molar-refractivity contribution in [2.45, 2.75) is 25.6 Å². The van der Waals surface area contributed by atoms with Crippen molar-refractivity contribution in [2.24, 2.45) is 5.92 Å². The van der Waals surface area contributed by atoms with Gasteiger partial charge in [0.1, 0.15) is 6.10 Å². The molecule has 1 aliphatic rings. The molecule has 0 amide bonds. The van der Waals surface area contributed by atoms with Crippen molar-refractivity contribution in [1.29, 1.82) is 0 Å². The lowest BCUT2D eigenvalue weighted by molar-refractivity contribution is -0.0177. The Morgan fingerprint density at radius 3 is 2.80 bits per heavy atom. The van der Waals surface area contributed by atoms with E-state index < -0.39 is 6.10 Å². The van der Waals surface area contributed by atoms with Gasteiger partial charge in [-0.25, -0.2) is 0 Å². The van der Waals surface area contributed by atoms with Crippen LogP contribution in [0.25, 0.3) is 0 Å². The summed E-state index contributed by atoms with van der Waals surface area (Å²) in [5.41, 5.74) is 0.762. The highest BCUT2D eigenvalue weighted by Crippen LogP contribution is 2.33. The molecule has 0 saturated carbocycles. The summed E-state index contributed by atoms with van der Waals surface area (Å²) in [6, 6.07) is 7.38. The number of halogens is 1. The van der Waals surface area contributed by atoms with Gasteiger partial charge in [0.15, 0.2) is 0 Å². The number of benzene rings is 1. The van der Waals surface area contributed by atoms with E-state index in [4.69, 9.17) is 16.3 Å². The molecule has 0 aromatic heterocycles. The first-order chi connectivity index (χ1) is 7.20. The van der Waals surface area contributed by atoms with Gasteiger partial charge in [-0.2, -0.15) is 0 Å². The van der Waals surface area contributed by atoms with Crippen LogP contribution >= 0.6 is 11.6 Å².